The van der Waals surface area contributed by atoms with Crippen LogP contribution in [0.2, 0.25) is 5.02 Å². The fraction of sp³-hybridized carbons (Fsp3) is 0.462. The molecule has 0 bridgehead atoms. The molecule has 0 aromatic heterocycles. The van der Waals surface area contributed by atoms with Crippen molar-refractivity contribution in [2.75, 3.05) is 19.6 Å². The molecule has 2 atom stereocenters. The van der Waals surface area contributed by atoms with E-state index in [4.69, 9.17) is 11.6 Å². The third-order valence-corrected chi connectivity index (χ3v) is 4.01. The molecule has 2 saturated heterocycles. The molecule has 0 saturated carbocycles. The molecule has 4 heteroatoms. The first-order chi connectivity index (χ1) is 8.25. The first kappa shape index (κ1) is 11.1. The van der Waals surface area contributed by atoms with Crippen molar-refractivity contribution in [2.45, 2.75) is 12.5 Å². The predicted octanol–water partition coefficient (Wildman–Crippen LogP) is 1.77. The van der Waals surface area contributed by atoms with E-state index in [9.17, 15) is 4.79 Å². The topological polar surface area (TPSA) is 32.3 Å². The summed E-state index contributed by atoms with van der Waals surface area (Å²) >= 11 is 5.92. The second kappa shape index (κ2) is 4.31. The molecule has 0 spiro atoms. The molecule has 1 amide bonds. The molecular formula is C13H15ClN2O. The monoisotopic (exact) mass is 250 g/mol. The summed E-state index contributed by atoms with van der Waals surface area (Å²) in [6.07, 6.45) is 1.12. The fourth-order valence-corrected chi connectivity index (χ4v) is 3.08. The summed E-state index contributed by atoms with van der Waals surface area (Å²) in [6.45, 7) is 2.85. The number of hydrogen-bond acceptors (Lipinski definition) is 2. The summed E-state index contributed by atoms with van der Waals surface area (Å²) in [7, 11) is 0. The highest BCUT2D eigenvalue weighted by atomic mass is 35.5. The Hall–Kier alpha value is -1.06. The third-order valence-electron chi connectivity index (χ3n) is 3.78. The molecular weight excluding hydrogens is 236 g/mol. The van der Waals surface area contributed by atoms with Gasteiger partial charge in [0.25, 0.3) is 5.91 Å². The smallest absolute Gasteiger partial charge is 0.254 e. The number of amides is 1. The van der Waals surface area contributed by atoms with Gasteiger partial charge < -0.3 is 10.2 Å². The Kier molecular flexibility index (Phi) is 2.81. The number of rotatable bonds is 1. The molecule has 2 aliphatic rings. The van der Waals surface area contributed by atoms with Crippen molar-refractivity contribution in [3.05, 3.63) is 34.9 Å². The zero-order valence-corrected chi connectivity index (χ0v) is 10.3. The summed E-state index contributed by atoms with van der Waals surface area (Å²) in [5, 5.41) is 3.97. The fourth-order valence-electron chi connectivity index (χ4n) is 2.89. The van der Waals surface area contributed by atoms with Crippen LogP contribution in [0.15, 0.2) is 24.3 Å². The number of hydrogen-bond donors (Lipinski definition) is 1. The van der Waals surface area contributed by atoms with Gasteiger partial charge in [0.15, 0.2) is 0 Å². The van der Waals surface area contributed by atoms with Crippen LogP contribution in [0.3, 0.4) is 0 Å². The van der Waals surface area contributed by atoms with Crippen LogP contribution in [0.25, 0.3) is 0 Å². The van der Waals surface area contributed by atoms with E-state index in [1.807, 2.05) is 17.0 Å². The van der Waals surface area contributed by atoms with Gasteiger partial charge in [-0.1, -0.05) is 17.7 Å². The lowest BCUT2D eigenvalue weighted by Crippen LogP contribution is -2.39. The lowest BCUT2D eigenvalue weighted by Gasteiger charge is -2.23. The van der Waals surface area contributed by atoms with E-state index in [1.165, 1.54) is 0 Å². The summed E-state index contributed by atoms with van der Waals surface area (Å²) in [4.78, 5) is 14.4. The van der Waals surface area contributed by atoms with Crippen molar-refractivity contribution in [3.63, 3.8) is 0 Å². The van der Waals surface area contributed by atoms with Crippen LogP contribution >= 0.6 is 11.6 Å². The van der Waals surface area contributed by atoms with Crippen molar-refractivity contribution >= 4 is 17.5 Å². The molecule has 2 heterocycles. The lowest BCUT2D eigenvalue weighted by molar-refractivity contribution is 0.0737. The van der Waals surface area contributed by atoms with Crippen LogP contribution in [0.1, 0.15) is 16.8 Å². The van der Waals surface area contributed by atoms with Crippen molar-refractivity contribution in [1.29, 1.82) is 0 Å². The number of fused-ring (bicyclic) bond motifs is 1. The first-order valence-corrected chi connectivity index (χ1v) is 6.41. The number of benzene rings is 1. The molecule has 90 valence electrons. The van der Waals surface area contributed by atoms with Gasteiger partial charge in [-0.05, 0) is 30.5 Å². The van der Waals surface area contributed by atoms with Gasteiger partial charge >= 0.3 is 0 Å². The Morgan fingerprint density at radius 1 is 1.41 bits per heavy atom. The van der Waals surface area contributed by atoms with E-state index in [-0.39, 0.29) is 5.91 Å². The first-order valence-electron chi connectivity index (χ1n) is 6.03. The summed E-state index contributed by atoms with van der Waals surface area (Å²) in [5.74, 6) is 0.752. The van der Waals surface area contributed by atoms with Crippen molar-refractivity contribution in [3.8, 4) is 0 Å². The minimum atomic E-state index is 0.115. The largest absolute Gasteiger partial charge is 0.334 e. The lowest BCUT2D eigenvalue weighted by atomic mass is 10.0. The SMILES string of the molecule is O=C(c1cccc(Cl)c1)N1CC[C@@H]2CNC[C@@H]21. The van der Waals surface area contributed by atoms with Crippen molar-refractivity contribution < 1.29 is 4.79 Å². The average Bonchev–Trinajstić information content (AvgIpc) is 2.89. The Morgan fingerprint density at radius 2 is 2.29 bits per heavy atom. The minimum absolute atomic E-state index is 0.115. The molecule has 1 aromatic carbocycles. The molecule has 2 aliphatic heterocycles. The van der Waals surface area contributed by atoms with Gasteiger partial charge in [0.2, 0.25) is 0 Å². The van der Waals surface area contributed by atoms with Gasteiger partial charge in [0.1, 0.15) is 0 Å². The number of nitrogens with one attached hydrogen (secondary N) is 1. The normalized spacial score (nSPS) is 27.2. The standard InChI is InChI=1S/C13H15ClN2O/c14-11-3-1-2-9(6-11)13(17)16-5-4-10-7-15-8-12(10)16/h1-3,6,10,12,15H,4-5,7-8H2/t10-,12+/m1/s1. The van der Waals surface area contributed by atoms with Crippen LogP contribution in [-0.4, -0.2) is 36.5 Å². The van der Waals surface area contributed by atoms with Crippen molar-refractivity contribution in [2.24, 2.45) is 5.92 Å². The molecule has 2 fully saturated rings. The van der Waals surface area contributed by atoms with Crippen LogP contribution in [-0.2, 0) is 0 Å². The molecule has 3 nitrogen and oxygen atoms in total. The molecule has 0 aliphatic carbocycles. The molecule has 3 rings (SSSR count). The molecule has 1 N–H and O–H groups in total. The van der Waals surface area contributed by atoms with Gasteiger partial charge in [-0.15, -0.1) is 0 Å². The highest BCUT2D eigenvalue weighted by molar-refractivity contribution is 6.30. The zero-order chi connectivity index (χ0) is 11.8. The number of halogens is 1. The minimum Gasteiger partial charge on any atom is -0.334 e. The second-order valence-electron chi connectivity index (χ2n) is 4.78. The van der Waals surface area contributed by atoms with E-state index in [0.29, 0.717) is 22.5 Å². The van der Waals surface area contributed by atoms with E-state index < -0.39 is 0 Å². The van der Waals surface area contributed by atoms with Crippen molar-refractivity contribution in [1.82, 2.24) is 10.2 Å². The summed E-state index contributed by atoms with van der Waals surface area (Å²) < 4.78 is 0. The molecule has 0 unspecified atom stereocenters. The molecule has 0 radical (unpaired) electrons. The maximum Gasteiger partial charge on any atom is 0.254 e. The number of carbonyl (C=O) groups excluding carboxylic acids is 1. The second-order valence-corrected chi connectivity index (χ2v) is 5.22. The van der Waals surface area contributed by atoms with Crippen LogP contribution in [0.5, 0.6) is 0 Å². The Labute approximate surface area is 106 Å². The molecule has 1 aromatic rings. The van der Waals surface area contributed by atoms with E-state index >= 15 is 0 Å². The Morgan fingerprint density at radius 3 is 3.12 bits per heavy atom. The van der Waals surface area contributed by atoms with E-state index in [2.05, 4.69) is 5.32 Å². The number of nitrogens with zero attached hydrogens (tertiary/aromatic N) is 1. The van der Waals surface area contributed by atoms with Gasteiger partial charge in [0.05, 0.1) is 0 Å². The highest BCUT2D eigenvalue weighted by Crippen LogP contribution is 2.28. The quantitative estimate of drug-likeness (QED) is 0.824. The Balaban J connectivity index is 1.83. The maximum absolute atomic E-state index is 12.4. The number of likely N-dealkylation sites (tertiary alicyclic amines) is 1. The summed E-state index contributed by atoms with van der Waals surface area (Å²) in [6, 6.07) is 7.59. The van der Waals surface area contributed by atoms with Crippen LogP contribution < -0.4 is 5.32 Å². The third kappa shape index (κ3) is 1.94. The molecule has 17 heavy (non-hydrogen) atoms. The van der Waals surface area contributed by atoms with Gasteiger partial charge in [-0.2, -0.15) is 0 Å². The van der Waals surface area contributed by atoms with Crippen LogP contribution in [0, 0.1) is 5.92 Å². The van der Waals surface area contributed by atoms with E-state index in [1.54, 1.807) is 12.1 Å². The van der Waals surface area contributed by atoms with Gasteiger partial charge in [-0.3, -0.25) is 4.79 Å². The average molecular weight is 251 g/mol. The van der Waals surface area contributed by atoms with E-state index in [0.717, 1.165) is 26.1 Å². The summed E-state index contributed by atoms with van der Waals surface area (Å²) in [5.41, 5.74) is 0.699. The number of carbonyl (C=O) groups is 1. The highest BCUT2D eigenvalue weighted by Gasteiger charge is 2.39. The zero-order valence-electron chi connectivity index (χ0n) is 9.53. The Bertz CT molecular complexity index is 449. The van der Waals surface area contributed by atoms with Crippen LogP contribution in [0.4, 0.5) is 0 Å². The van der Waals surface area contributed by atoms with Gasteiger partial charge in [-0.25, -0.2) is 0 Å². The predicted molar refractivity (Wildman–Crippen MR) is 67.3 cm³/mol. The van der Waals surface area contributed by atoms with Gasteiger partial charge in [0, 0.05) is 36.3 Å². The maximum atomic E-state index is 12.4.